The highest BCUT2D eigenvalue weighted by molar-refractivity contribution is 7.92. The van der Waals surface area contributed by atoms with Crippen molar-refractivity contribution < 1.29 is 24.0 Å². The number of carbonyl (C=O) groups excluding carboxylic acids is 2. The molecular weight excluding hydrogens is 420 g/mol. The van der Waals surface area contributed by atoms with Crippen LogP contribution in [0.1, 0.15) is 43.1 Å². The molecule has 0 fully saturated rings. The van der Waals surface area contributed by atoms with Gasteiger partial charge in [0.1, 0.15) is 18.3 Å². The topological polar surface area (TPSA) is 121 Å². The number of hydrogen-bond donors (Lipinski definition) is 5. The molecule has 2 aromatic rings. The summed E-state index contributed by atoms with van der Waals surface area (Å²) in [5, 5.41) is 14.7. The Kier molecular flexibility index (Phi) is 7.39. The maximum Gasteiger partial charge on any atom is 0.274 e. The van der Waals surface area contributed by atoms with Crippen LogP contribution in [0.4, 0.5) is 11.4 Å². The second-order valence-electron chi connectivity index (χ2n) is 8.08. The number of hydroxylamine groups is 1. The fourth-order valence-electron chi connectivity index (χ4n) is 2.99. The molecule has 9 nitrogen and oxygen atoms in total. The van der Waals surface area contributed by atoms with Crippen LogP contribution in [0.5, 0.6) is 5.75 Å². The van der Waals surface area contributed by atoms with Crippen LogP contribution >= 0.6 is 12.2 Å². The lowest BCUT2D eigenvalue weighted by molar-refractivity contribution is -0.117. The van der Waals surface area contributed by atoms with Gasteiger partial charge in [0.2, 0.25) is 5.91 Å². The number of benzene rings is 2. The molecule has 0 saturated heterocycles. The van der Waals surface area contributed by atoms with E-state index >= 15 is 0 Å². The lowest BCUT2D eigenvalue weighted by atomic mass is 9.87. The lowest BCUT2D eigenvalue weighted by Crippen LogP contribution is -2.40. The number of amides is 2. The van der Waals surface area contributed by atoms with E-state index in [4.69, 9.17) is 14.4 Å². The van der Waals surface area contributed by atoms with E-state index in [0.29, 0.717) is 30.1 Å². The van der Waals surface area contributed by atoms with Crippen LogP contribution in [0.3, 0.4) is 0 Å². The molecule has 31 heavy (non-hydrogen) atoms. The van der Waals surface area contributed by atoms with Crippen LogP contribution in [0, 0.1) is 0 Å². The molecule has 1 aliphatic rings. The van der Waals surface area contributed by atoms with Crippen molar-refractivity contribution in [1.82, 2.24) is 10.2 Å². The van der Waals surface area contributed by atoms with Crippen molar-refractivity contribution in [2.45, 2.75) is 38.6 Å². The summed E-state index contributed by atoms with van der Waals surface area (Å²) in [5.41, 5.74) is 4.33. The second-order valence-corrected chi connectivity index (χ2v) is 8.67. The summed E-state index contributed by atoms with van der Waals surface area (Å²) in [4.78, 5) is 29.0. The van der Waals surface area contributed by atoms with Gasteiger partial charge < -0.3 is 15.5 Å². The molecule has 0 bridgehead atoms. The Labute approximate surface area is 185 Å². The van der Waals surface area contributed by atoms with Crippen molar-refractivity contribution >= 4 is 35.4 Å². The van der Waals surface area contributed by atoms with Crippen molar-refractivity contribution in [2.24, 2.45) is 0 Å². The molecule has 0 aromatic heterocycles. The molecule has 2 amide bonds. The Morgan fingerprint density at radius 1 is 1.16 bits per heavy atom. The highest BCUT2D eigenvalue weighted by Crippen LogP contribution is 2.29. The molecule has 1 unspecified atom stereocenters. The average molecular weight is 447 g/mol. The molecule has 0 radical (unpaired) electrons. The zero-order valence-corrected chi connectivity index (χ0v) is 18.3. The number of fused-ring (bicyclic) bond motifs is 1. The van der Waals surface area contributed by atoms with Gasteiger partial charge >= 0.3 is 0 Å². The molecule has 0 saturated carbocycles. The number of nitrogens with one attached hydrogen (secondary N) is 4. The first kappa shape index (κ1) is 22.9. The molecule has 10 heteroatoms. The van der Waals surface area contributed by atoms with E-state index in [1.54, 1.807) is 17.6 Å². The van der Waals surface area contributed by atoms with E-state index in [-0.39, 0.29) is 16.9 Å². The minimum atomic E-state index is -0.624. The maximum absolute atomic E-state index is 12.3. The predicted octanol–water partition coefficient (Wildman–Crippen LogP) is 3.39. The molecule has 1 atom stereocenters. The van der Waals surface area contributed by atoms with Crippen LogP contribution < -0.4 is 25.7 Å². The smallest absolute Gasteiger partial charge is 0.274 e. The molecule has 3 rings (SSSR count). The summed E-state index contributed by atoms with van der Waals surface area (Å²) < 4.78 is 8.06. The van der Waals surface area contributed by atoms with Gasteiger partial charge in [0.25, 0.3) is 5.91 Å². The quantitative estimate of drug-likeness (QED) is 0.105. The van der Waals surface area contributed by atoms with Gasteiger partial charge in [-0.25, -0.2) is 10.2 Å². The number of carbonyl (C=O) groups is 2. The zero-order valence-electron chi connectivity index (χ0n) is 17.5. The summed E-state index contributed by atoms with van der Waals surface area (Å²) >= 11 is 0.930. The van der Waals surface area contributed by atoms with Gasteiger partial charge in [0, 0.05) is 12.1 Å². The molecular formula is C21H26N4O5S. The van der Waals surface area contributed by atoms with E-state index in [0.717, 1.165) is 12.2 Å². The predicted molar refractivity (Wildman–Crippen MR) is 119 cm³/mol. The minimum Gasteiger partial charge on any atom is -0.372 e. The Bertz CT molecular complexity index is 930. The first-order valence-electron chi connectivity index (χ1n) is 9.77. The first-order valence-corrected chi connectivity index (χ1v) is 10.5. The fraction of sp³-hybridized carbons (Fsp3) is 0.333. The summed E-state index contributed by atoms with van der Waals surface area (Å²) in [6.45, 7) is 6.89. The van der Waals surface area contributed by atoms with Gasteiger partial charge in [0.15, 0.2) is 5.75 Å². The highest BCUT2D eigenvalue weighted by Gasteiger charge is 2.25. The molecule has 0 spiro atoms. The fourth-order valence-corrected chi connectivity index (χ4v) is 3.35. The monoisotopic (exact) mass is 446 g/mol. The van der Waals surface area contributed by atoms with Crippen LogP contribution in [0.2, 0.25) is 0 Å². The van der Waals surface area contributed by atoms with E-state index in [9.17, 15) is 9.59 Å². The Balaban J connectivity index is 1.41. The number of anilines is 2. The summed E-state index contributed by atoms with van der Waals surface area (Å²) in [6, 6.07) is 11.9. The summed E-state index contributed by atoms with van der Waals surface area (Å²) in [6.07, 6.45) is 0.471. The highest BCUT2D eigenvalue weighted by atomic mass is 32.2. The Morgan fingerprint density at radius 3 is 2.58 bits per heavy atom. The van der Waals surface area contributed by atoms with Gasteiger partial charge in [-0.2, -0.15) is 0 Å². The molecule has 2 aromatic carbocycles. The minimum absolute atomic E-state index is 0.0719. The van der Waals surface area contributed by atoms with Crippen molar-refractivity contribution in [3.8, 4) is 5.75 Å². The Morgan fingerprint density at radius 2 is 1.90 bits per heavy atom. The van der Waals surface area contributed by atoms with Crippen LogP contribution in [0.25, 0.3) is 0 Å². The van der Waals surface area contributed by atoms with Gasteiger partial charge in [0.05, 0.1) is 11.4 Å². The standard InChI is InChI=1S/C21H26N4O5S/c1-21(2,3)14-5-7-15(8-6-14)29-30-31-22-11-10-17-20(27)24-16-9-4-13(19(26)25-28)12-18(16)23-17/h4-9,12,17,22-23,28H,10-11H2,1-3H3,(H,24,27)(H,25,26). The normalized spacial score (nSPS) is 15.5. The third-order valence-corrected chi connectivity index (χ3v) is 5.22. The summed E-state index contributed by atoms with van der Waals surface area (Å²) in [7, 11) is 0. The van der Waals surface area contributed by atoms with Crippen LogP contribution in [-0.4, -0.2) is 29.6 Å². The maximum atomic E-state index is 12.3. The van der Waals surface area contributed by atoms with Crippen molar-refractivity contribution in [1.29, 1.82) is 0 Å². The van der Waals surface area contributed by atoms with Gasteiger partial charge in [-0.1, -0.05) is 37.2 Å². The molecule has 0 aliphatic carbocycles. The van der Waals surface area contributed by atoms with E-state index in [1.807, 2.05) is 24.3 Å². The van der Waals surface area contributed by atoms with Crippen LogP contribution in [-0.2, 0) is 14.5 Å². The average Bonchev–Trinajstić information content (AvgIpc) is 2.75. The third kappa shape index (κ3) is 6.11. The third-order valence-electron chi connectivity index (χ3n) is 4.77. The van der Waals surface area contributed by atoms with Gasteiger partial charge in [-0.15, -0.1) is 0 Å². The van der Waals surface area contributed by atoms with Crippen LogP contribution in [0.15, 0.2) is 42.5 Å². The lowest BCUT2D eigenvalue weighted by Gasteiger charge is -2.27. The largest absolute Gasteiger partial charge is 0.372 e. The van der Waals surface area contributed by atoms with Crippen molar-refractivity contribution in [3.05, 3.63) is 53.6 Å². The Hall–Kier alpha value is -2.79. The van der Waals surface area contributed by atoms with E-state index in [1.165, 1.54) is 11.6 Å². The zero-order chi connectivity index (χ0) is 22.4. The summed E-state index contributed by atoms with van der Waals surface area (Å²) in [5.74, 6) is -0.203. The molecule has 166 valence electrons. The molecule has 5 N–H and O–H groups in total. The first-order chi connectivity index (χ1) is 14.8. The number of rotatable bonds is 8. The second kappa shape index (κ2) is 10.0. The van der Waals surface area contributed by atoms with Gasteiger partial charge in [-0.3, -0.25) is 14.8 Å². The van der Waals surface area contributed by atoms with E-state index in [2.05, 4.69) is 36.1 Å². The van der Waals surface area contributed by atoms with E-state index < -0.39 is 11.9 Å². The number of hydrogen-bond acceptors (Lipinski definition) is 8. The molecule has 1 aliphatic heterocycles. The van der Waals surface area contributed by atoms with Crippen molar-refractivity contribution in [2.75, 3.05) is 17.2 Å². The van der Waals surface area contributed by atoms with Gasteiger partial charge in [-0.05, 0) is 47.7 Å². The van der Waals surface area contributed by atoms with Crippen molar-refractivity contribution in [3.63, 3.8) is 0 Å². The molecule has 1 heterocycles. The SMILES string of the molecule is CC(C)(C)c1ccc(OOSNCCC2Nc3cc(C(=O)NO)ccc3NC2=O)cc1.